The maximum atomic E-state index is 12.6. The predicted octanol–water partition coefficient (Wildman–Crippen LogP) is 3.68. The van der Waals surface area contributed by atoms with Crippen molar-refractivity contribution in [3.63, 3.8) is 0 Å². The Labute approximate surface area is 155 Å². The normalized spacial score (nSPS) is 12.5. The third kappa shape index (κ3) is 4.85. The second-order valence-corrected chi connectivity index (χ2v) is 8.20. The molecule has 2 aromatic carbocycles. The zero-order chi connectivity index (χ0) is 19.3. The monoisotopic (exact) mass is 375 g/mol. The topological polar surface area (TPSA) is 72.5 Å². The van der Waals surface area contributed by atoms with E-state index in [2.05, 4.69) is 5.32 Å². The quantitative estimate of drug-likeness (QED) is 0.801. The van der Waals surface area contributed by atoms with Crippen LogP contribution in [-0.4, -0.2) is 27.2 Å². The molecule has 26 heavy (non-hydrogen) atoms. The molecule has 0 spiro atoms. The number of benzene rings is 2. The maximum absolute atomic E-state index is 12.6. The van der Waals surface area contributed by atoms with Crippen LogP contribution in [0.1, 0.15) is 47.8 Å². The molecule has 0 aliphatic carbocycles. The van der Waals surface area contributed by atoms with E-state index < -0.39 is 9.84 Å². The van der Waals surface area contributed by atoms with Gasteiger partial charge in [0.05, 0.1) is 17.5 Å². The number of nitrogens with one attached hydrogen (secondary N) is 1. The lowest BCUT2D eigenvalue weighted by Gasteiger charge is -2.18. The zero-order valence-corrected chi connectivity index (χ0v) is 16.4. The molecule has 2 aromatic rings. The Balaban J connectivity index is 2.16. The Bertz CT molecular complexity index is 873. The predicted molar refractivity (Wildman–Crippen MR) is 102 cm³/mol. The highest BCUT2D eigenvalue weighted by molar-refractivity contribution is 7.90. The SMILES string of the molecule is CCOc1ccc(C(=O)N[C@@H](CC)c2ccc(S(C)(=O)=O)cc2)cc1C. The van der Waals surface area contributed by atoms with Crippen LogP contribution < -0.4 is 10.1 Å². The minimum atomic E-state index is -3.23. The first-order valence-electron chi connectivity index (χ1n) is 8.60. The van der Waals surface area contributed by atoms with E-state index in [1.807, 2.05) is 20.8 Å². The molecule has 5 nitrogen and oxygen atoms in total. The number of sulfone groups is 1. The summed E-state index contributed by atoms with van der Waals surface area (Å²) in [5.74, 6) is 0.600. The second-order valence-electron chi connectivity index (χ2n) is 6.19. The van der Waals surface area contributed by atoms with E-state index in [9.17, 15) is 13.2 Å². The molecular formula is C20H25NO4S. The molecule has 0 radical (unpaired) electrons. The second kappa shape index (κ2) is 8.36. The molecule has 0 fully saturated rings. The summed E-state index contributed by atoms with van der Waals surface area (Å²) >= 11 is 0. The number of carbonyl (C=O) groups is 1. The molecule has 0 saturated heterocycles. The molecule has 140 valence electrons. The Kier molecular flexibility index (Phi) is 6.42. The standard InChI is InChI=1S/C20H25NO4S/c1-5-18(15-7-10-17(11-8-15)26(4,23)24)21-20(22)16-9-12-19(25-6-2)14(3)13-16/h7-13,18H,5-6H2,1-4H3,(H,21,22)/t18-/m0/s1. The number of ether oxygens (including phenoxy) is 1. The van der Waals surface area contributed by atoms with Gasteiger partial charge in [0, 0.05) is 11.8 Å². The van der Waals surface area contributed by atoms with Gasteiger partial charge in [-0.1, -0.05) is 19.1 Å². The lowest BCUT2D eigenvalue weighted by Crippen LogP contribution is -2.28. The lowest BCUT2D eigenvalue weighted by atomic mass is 10.0. The lowest BCUT2D eigenvalue weighted by molar-refractivity contribution is 0.0935. The molecule has 0 unspecified atom stereocenters. The summed E-state index contributed by atoms with van der Waals surface area (Å²) in [6.45, 7) is 6.37. The first-order chi connectivity index (χ1) is 12.3. The van der Waals surface area contributed by atoms with Crippen LogP contribution >= 0.6 is 0 Å². The smallest absolute Gasteiger partial charge is 0.251 e. The summed E-state index contributed by atoms with van der Waals surface area (Å²) < 4.78 is 28.6. The first kappa shape index (κ1) is 20.0. The van der Waals surface area contributed by atoms with Crippen molar-refractivity contribution in [2.24, 2.45) is 0 Å². The number of carbonyl (C=O) groups excluding carboxylic acids is 1. The van der Waals surface area contributed by atoms with Crippen molar-refractivity contribution in [1.82, 2.24) is 5.32 Å². The van der Waals surface area contributed by atoms with Crippen LogP contribution in [0.3, 0.4) is 0 Å². The average Bonchev–Trinajstić information content (AvgIpc) is 2.60. The summed E-state index contributed by atoms with van der Waals surface area (Å²) in [5, 5.41) is 3.01. The van der Waals surface area contributed by atoms with Gasteiger partial charge in [-0.05, 0) is 61.7 Å². The van der Waals surface area contributed by atoms with Crippen molar-refractivity contribution in [3.05, 3.63) is 59.2 Å². The van der Waals surface area contributed by atoms with E-state index in [4.69, 9.17) is 4.74 Å². The molecule has 6 heteroatoms. The fraction of sp³-hybridized carbons (Fsp3) is 0.350. The highest BCUT2D eigenvalue weighted by atomic mass is 32.2. The Morgan fingerprint density at radius 1 is 1.12 bits per heavy atom. The highest BCUT2D eigenvalue weighted by Gasteiger charge is 2.16. The average molecular weight is 375 g/mol. The van der Waals surface area contributed by atoms with E-state index in [1.165, 1.54) is 6.26 Å². The molecule has 1 atom stereocenters. The van der Waals surface area contributed by atoms with Crippen molar-refractivity contribution in [2.75, 3.05) is 12.9 Å². The van der Waals surface area contributed by atoms with Crippen molar-refractivity contribution in [3.8, 4) is 5.75 Å². The number of aryl methyl sites for hydroxylation is 1. The zero-order valence-electron chi connectivity index (χ0n) is 15.6. The van der Waals surface area contributed by atoms with Gasteiger partial charge in [0.15, 0.2) is 9.84 Å². The van der Waals surface area contributed by atoms with Crippen molar-refractivity contribution in [1.29, 1.82) is 0 Å². The molecule has 0 heterocycles. The molecule has 2 rings (SSSR count). The van der Waals surface area contributed by atoms with E-state index in [1.54, 1.807) is 42.5 Å². The van der Waals surface area contributed by atoms with E-state index in [0.717, 1.165) is 16.9 Å². The number of amides is 1. The largest absolute Gasteiger partial charge is 0.494 e. The van der Waals surface area contributed by atoms with Gasteiger partial charge in [0.1, 0.15) is 5.75 Å². The van der Waals surface area contributed by atoms with Crippen LogP contribution in [0, 0.1) is 6.92 Å². The van der Waals surface area contributed by atoms with Crippen LogP contribution in [0.2, 0.25) is 0 Å². The van der Waals surface area contributed by atoms with Gasteiger partial charge in [0.2, 0.25) is 0 Å². The van der Waals surface area contributed by atoms with Gasteiger partial charge in [-0.15, -0.1) is 0 Å². The van der Waals surface area contributed by atoms with Gasteiger partial charge in [0.25, 0.3) is 5.91 Å². The minimum absolute atomic E-state index is 0.171. The number of hydrogen-bond acceptors (Lipinski definition) is 4. The van der Waals surface area contributed by atoms with E-state index in [0.29, 0.717) is 18.6 Å². The van der Waals surface area contributed by atoms with E-state index in [-0.39, 0.29) is 16.8 Å². The molecule has 0 bridgehead atoms. The highest BCUT2D eigenvalue weighted by Crippen LogP contribution is 2.22. The Hall–Kier alpha value is -2.34. The fourth-order valence-corrected chi connectivity index (χ4v) is 3.35. The molecule has 0 aliphatic heterocycles. The van der Waals surface area contributed by atoms with Crippen molar-refractivity contribution >= 4 is 15.7 Å². The van der Waals surface area contributed by atoms with Gasteiger partial charge in [-0.3, -0.25) is 4.79 Å². The van der Waals surface area contributed by atoms with Crippen LogP contribution in [-0.2, 0) is 9.84 Å². The number of hydrogen-bond donors (Lipinski definition) is 1. The van der Waals surface area contributed by atoms with Gasteiger partial charge >= 0.3 is 0 Å². The van der Waals surface area contributed by atoms with Crippen LogP contribution in [0.15, 0.2) is 47.4 Å². The Morgan fingerprint density at radius 2 is 1.77 bits per heavy atom. The summed E-state index contributed by atoms with van der Waals surface area (Å²) in [4.78, 5) is 12.9. The molecule has 0 saturated carbocycles. The summed E-state index contributed by atoms with van der Waals surface area (Å²) in [7, 11) is -3.23. The van der Waals surface area contributed by atoms with Crippen molar-refractivity contribution < 1.29 is 17.9 Å². The molecule has 0 aromatic heterocycles. The van der Waals surface area contributed by atoms with Crippen molar-refractivity contribution in [2.45, 2.75) is 38.1 Å². The van der Waals surface area contributed by atoms with E-state index >= 15 is 0 Å². The third-order valence-corrected chi connectivity index (χ3v) is 5.29. The Morgan fingerprint density at radius 3 is 2.27 bits per heavy atom. The summed E-state index contributed by atoms with van der Waals surface area (Å²) in [6.07, 6.45) is 1.87. The van der Waals surface area contributed by atoms with Crippen LogP contribution in [0.25, 0.3) is 0 Å². The van der Waals surface area contributed by atoms with Gasteiger partial charge in [-0.25, -0.2) is 8.42 Å². The molecule has 0 aliphatic rings. The fourth-order valence-electron chi connectivity index (χ4n) is 2.72. The number of rotatable bonds is 7. The van der Waals surface area contributed by atoms with Gasteiger partial charge in [-0.2, -0.15) is 0 Å². The van der Waals surface area contributed by atoms with Crippen LogP contribution in [0.4, 0.5) is 0 Å². The molecular weight excluding hydrogens is 350 g/mol. The minimum Gasteiger partial charge on any atom is -0.494 e. The summed E-state index contributed by atoms with van der Waals surface area (Å²) in [5.41, 5.74) is 2.35. The molecule has 1 amide bonds. The van der Waals surface area contributed by atoms with Crippen LogP contribution in [0.5, 0.6) is 5.75 Å². The van der Waals surface area contributed by atoms with Gasteiger partial charge < -0.3 is 10.1 Å². The third-order valence-electron chi connectivity index (χ3n) is 4.16. The first-order valence-corrected chi connectivity index (χ1v) is 10.5. The summed E-state index contributed by atoms with van der Waals surface area (Å²) in [6, 6.07) is 11.8. The molecule has 1 N–H and O–H groups in total. The maximum Gasteiger partial charge on any atom is 0.251 e.